The molecule has 5 rings (SSSR count). The number of pyridine rings is 1. The van der Waals surface area contributed by atoms with E-state index in [4.69, 9.17) is 14.7 Å². The van der Waals surface area contributed by atoms with Crippen molar-refractivity contribution in [3.8, 4) is 17.6 Å². The highest BCUT2D eigenvalue weighted by atomic mass is 16.6. The van der Waals surface area contributed by atoms with Gasteiger partial charge in [0.05, 0.1) is 17.3 Å². The van der Waals surface area contributed by atoms with E-state index in [1.54, 1.807) is 35.4 Å². The number of fused-ring (bicyclic) bond motifs is 1. The van der Waals surface area contributed by atoms with E-state index in [-0.39, 0.29) is 5.91 Å². The lowest BCUT2D eigenvalue weighted by Crippen LogP contribution is -2.49. The minimum atomic E-state index is -0.125. The number of hydrogen-bond donors (Lipinski definition) is 0. The number of para-hydroxylation sites is 1. The Hall–Kier alpha value is -4.09. The van der Waals surface area contributed by atoms with Crippen LogP contribution in [0.1, 0.15) is 15.9 Å². The fourth-order valence-electron chi connectivity index (χ4n) is 4.44. The van der Waals surface area contributed by atoms with Crippen molar-refractivity contribution in [3.63, 3.8) is 0 Å². The number of ether oxygens (including phenoxy) is 2. The smallest absolute Gasteiger partial charge is 0.259 e. The number of anilines is 2. The minimum absolute atomic E-state index is 0.125. The third-order valence-electron chi connectivity index (χ3n) is 6.33. The van der Waals surface area contributed by atoms with Gasteiger partial charge in [-0.15, -0.1) is 0 Å². The average molecular weight is 470 g/mol. The van der Waals surface area contributed by atoms with Crippen LogP contribution in [0.3, 0.4) is 0 Å². The van der Waals surface area contributed by atoms with Gasteiger partial charge in [-0.05, 0) is 48.5 Å². The maximum Gasteiger partial charge on any atom is 0.259 e. The Bertz CT molecular complexity index is 1200. The van der Waals surface area contributed by atoms with Gasteiger partial charge in [0.25, 0.3) is 5.91 Å². The zero-order chi connectivity index (χ0) is 24.0. The normalized spacial score (nSPS) is 15.3. The molecule has 8 nitrogen and oxygen atoms in total. The Balaban J connectivity index is 1.24. The van der Waals surface area contributed by atoms with Crippen molar-refractivity contribution in [2.24, 2.45) is 0 Å². The van der Waals surface area contributed by atoms with Gasteiger partial charge in [0.1, 0.15) is 19.0 Å². The number of nitriles is 1. The summed E-state index contributed by atoms with van der Waals surface area (Å²) in [6, 6.07) is 20.4. The van der Waals surface area contributed by atoms with E-state index in [1.165, 1.54) is 0 Å². The summed E-state index contributed by atoms with van der Waals surface area (Å²) in [7, 11) is 0. The molecule has 2 aromatic carbocycles. The average Bonchev–Trinajstić information content (AvgIpc) is 2.94. The number of nitrogens with zero attached hydrogens (tertiary/aromatic N) is 5. The second-order valence-electron chi connectivity index (χ2n) is 8.46. The number of carbonyl (C=O) groups is 1. The molecule has 1 amide bonds. The lowest BCUT2D eigenvalue weighted by Gasteiger charge is -2.38. The van der Waals surface area contributed by atoms with E-state index >= 15 is 0 Å². The Kier molecular flexibility index (Phi) is 6.77. The van der Waals surface area contributed by atoms with Crippen molar-refractivity contribution in [1.29, 1.82) is 5.26 Å². The molecule has 178 valence electrons. The van der Waals surface area contributed by atoms with Gasteiger partial charge in [0.15, 0.2) is 11.5 Å². The van der Waals surface area contributed by atoms with Crippen molar-refractivity contribution >= 4 is 17.4 Å². The Labute approximate surface area is 204 Å². The number of carbonyl (C=O) groups excluding carboxylic acids is 1. The first-order valence-corrected chi connectivity index (χ1v) is 11.8. The molecule has 0 atom stereocenters. The number of aromatic nitrogens is 1. The molecule has 0 bridgehead atoms. The summed E-state index contributed by atoms with van der Waals surface area (Å²) in [5.74, 6) is 2.14. The van der Waals surface area contributed by atoms with Gasteiger partial charge < -0.3 is 14.4 Å². The first-order chi connectivity index (χ1) is 17.2. The van der Waals surface area contributed by atoms with Crippen LogP contribution in [-0.2, 0) is 0 Å². The monoisotopic (exact) mass is 469 g/mol. The van der Waals surface area contributed by atoms with Crippen LogP contribution in [0, 0.1) is 11.3 Å². The van der Waals surface area contributed by atoms with E-state index in [2.05, 4.69) is 26.9 Å². The van der Waals surface area contributed by atoms with Crippen LogP contribution in [0.15, 0.2) is 66.9 Å². The van der Waals surface area contributed by atoms with E-state index in [1.807, 2.05) is 30.3 Å². The summed E-state index contributed by atoms with van der Waals surface area (Å²) in [5.41, 5.74) is 2.14. The predicted octanol–water partition coefficient (Wildman–Crippen LogP) is 3.19. The van der Waals surface area contributed by atoms with Gasteiger partial charge in [0, 0.05) is 51.0 Å². The number of piperazine rings is 1. The summed E-state index contributed by atoms with van der Waals surface area (Å²) in [6.07, 6.45) is 1.69. The molecule has 3 aromatic rings. The third kappa shape index (κ3) is 5.05. The van der Waals surface area contributed by atoms with Crippen LogP contribution in [0.4, 0.5) is 11.5 Å². The second kappa shape index (κ2) is 10.5. The first kappa shape index (κ1) is 22.7. The lowest BCUT2D eigenvalue weighted by atomic mass is 10.1. The molecule has 0 unspecified atom stereocenters. The first-order valence-electron chi connectivity index (χ1n) is 11.8. The van der Waals surface area contributed by atoms with Crippen molar-refractivity contribution in [2.45, 2.75) is 0 Å². The molecule has 3 heterocycles. The molecule has 1 aromatic heterocycles. The zero-order valence-corrected chi connectivity index (χ0v) is 19.5. The van der Waals surface area contributed by atoms with Crippen LogP contribution < -0.4 is 19.3 Å². The molecule has 1 saturated heterocycles. The Morgan fingerprint density at radius 3 is 2.51 bits per heavy atom. The minimum Gasteiger partial charge on any atom is -0.486 e. The van der Waals surface area contributed by atoms with Crippen molar-refractivity contribution in [3.05, 3.63) is 78.0 Å². The summed E-state index contributed by atoms with van der Waals surface area (Å²) < 4.78 is 11.6. The Morgan fingerprint density at radius 1 is 0.971 bits per heavy atom. The number of amides is 1. The molecule has 0 saturated carbocycles. The Morgan fingerprint density at radius 2 is 1.77 bits per heavy atom. The second-order valence-corrected chi connectivity index (χ2v) is 8.46. The summed E-state index contributed by atoms with van der Waals surface area (Å²) in [5, 5.41) is 9.06. The van der Waals surface area contributed by atoms with Crippen LogP contribution in [0.25, 0.3) is 0 Å². The van der Waals surface area contributed by atoms with Gasteiger partial charge in [-0.25, -0.2) is 4.98 Å². The topological polar surface area (TPSA) is 81.9 Å². The standard InChI is InChI=1S/C27H27N5O3/c28-20-21-7-9-22(10-8-21)27(33)32(25-6-1-2-11-29-25)17-14-30-12-15-31(16-13-30)23-4-3-5-24-26(23)35-19-18-34-24/h1-11H,12-19H2. The van der Waals surface area contributed by atoms with E-state index in [9.17, 15) is 4.79 Å². The van der Waals surface area contributed by atoms with Crippen molar-refractivity contribution in [2.75, 3.05) is 62.3 Å². The number of hydrogen-bond acceptors (Lipinski definition) is 7. The largest absolute Gasteiger partial charge is 0.486 e. The van der Waals surface area contributed by atoms with Crippen LogP contribution in [0.5, 0.6) is 11.5 Å². The van der Waals surface area contributed by atoms with E-state index < -0.39 is 0 Å². The number of rotatable bonds is 6. The maximum atomic E-state index is 13.3. The van der Waals surface area contributed by atoms with Gasteiger partial charge in [-0.3, -0.25) is 14.6 Å². The molecule has 0 aliphatic carbocycles. The van der Waals surface area contributed by atoms with Crippen LogP contribution in [-0.4, -0.2) is 68.3 Å². The number of benzene rings is 2. The predicted molar refractivity (Wildman–Crippen MR) is 133 cm³/mol. The molecule has 2 aliphatic rings. The molecule has 0 radical (unpaired) electrons. The third-order valence-corrected chi connectivity index (χ3v) is 6.33. The highest BCUT2D eigenvalue weighted by Crippen LogP contribution is 2.39. The zero-order valence-electron chi connectivity index (χ0n) is 19.5. The molecular formula is C27H27N5O3. The van der Waals surface area contributed by atoms with Gasteiger partial charge in [0.2, 0.25) is 0 Å². The SMILES string of the molecule is N#Cc1ccc(C(=O)N(CCN2CCN(c3cccc4c3OCCO4)CC2)c2ccccn2)cc1. The van der Waals surface area contributed by atoms with Gasteiger partial charge in [-0.1, -0.05) is 12.1 Å². The molecular weight excluding hydrogens is 442 g/mol. The van der Waals surface area contributed by atoms with Gasteiger partial charge >= 0.3 is 0 Å². The van der Waals surface area contributed by atoms with Gasteiger partial charge in [-0.2, -0.15) is 5.26 Å². The van der Waals surface area contributed by atoms with Crippen molar-refractivity contribution in [1.82, 2.24) is 9.88 Å². The van der Waals surface area contributed by atoms with E-state index in [0.717, 1.165) is 49.9 Å². The maximum absolute atomic E-state index is 13.3. The summed E-state index contributed by atoms with van der Waals surface area (Å²) >= 11 is 0. The van der Waals surface area contributed by atoms with Crippen molar-refractivity contribution < 1.29 is 14.3 Å². The fraction of sp³-hybridized carbons (Fsp3) is 0.296. The summed E-state index contributed by atoms with van der Waals surface area (Å²) in [4.78, 5) is 24.2. The highest BCUT2D eigenvalue weighted by Gasteiger charge is 2.25. The lowest BCUT2D eigenvalue weighted by molar-refractivity contribution is 0.0982. The molecule has 0 N–H and O–H groups in total. The van der Waals surface area contributed by atoms with E-state index in [0.29, 0.717) is 36.7 Å². The molecule has 8 heteroatoms. The molecule has 2 aliphatic heterocycles. The quantitative estimate of drug-likeness (QED) is 0.548. The van der Waals surface area contributed by atoms with Crippen LogP contribution in [0.2, 0.25) is 0 Å². The molecule has 0 spiro atoms. The molecule has 1 fully saturated rings. The van der Waals surface area contributed by atoms with Crippen LogP contribution >= 0.6 is 0 Å². The highest BCUT2D eigenvalue weighted by molar-refractivity contribution is 6.05. The fourth-order valence-corrected chi connectivity index (χ4v) is 4.44. The molecule has 35 heavy (non-hydrogen) atoms. The summed E-state index contributed by atoms with van der Waals surface area (Å²) in [6.45, 7) is 5.91.